The molecule has 1 unspecified atom stereocenters. The number of amides is 9. The molecule has 2 aliphatic heterocycles. The van der Waals surface area contributed by atoms with E-state index in [2.05, 4.69) is 26.6 Å². The monoisotopic (exact) mass is 1200 g/mol. The van der Waals surface area contributed by atoms with Crippen LogP contribution >= 0.6 is 0 Å². The van der Waals surface area contributed by atoms with Crippen LogP contribution in [0.3, 0.4) is 0 Å². The van der Waals surface area contributed by atoms with Crippen LogP contribution in [0.25, 0.3) is 0 Å². The Morgan fingerprint density at radius 1 is 0.635 bits per heavy atom. The number of fused-ring (bicyclic) bond motifs is 1. The molecule has 0 radical (unpaired) electrons. The minimum Gasteiger partial charge on any atom is -0.391 e. The second kappa shape index (κ2) is 29.5. The van der Waals surface area contributed by atoms with Gasteiger partial charge in [-0.15, -0.1) is 0 Å². The largest absolute Gasteiger partial charge is 0.416 e. The van der Waals surface area contributed by atoms with Gasteiger partial charge in [-0.1, -0.05) is 81.4 Å². The van der Waals surface area contributed by atoms with Crippen molar-refractivity contribution in [3.05, 3.63) is 35.4 Å². The highest BCUT2D eigenvalue weighted by molar-refractivity contribution is 6.15. The van der Waals surface area contributed by atoms with Gasteiger partial charge in [-0.3, -0.25) is 52.8 Å². The molecule has 1 saturated carbocycles. The van der Waals surface area contributed by atoms with Crippen LogP contribution in [0.5, 0.6) is 0 Å². The number of carbonyl (C=O) groups is 10. The summed E-state index contributed by atoms with van der Waals surface area (Å²) in [5.41, 5.74) is -4.57. The fraction of sp³-hybridized carbons (Fsp3) is 0.738. The van der Waals surface area contributed by atoms with Crippen molar-refractivity contribution in [2.45, 2.75) is 219 Å². The molecule has 1 aromatic carbocycles. The van der Waals surface area contributed by atoms with Crippen molar-refractivity contribution in [3.63, 3.8) is 0 Å². The molecule has 3 fully saturated rings. The van der Waals surface area contributed by atoms with Crippen molar-refractivity contribution in [2.24, 2.45) is 29.6 Å². The number of hydrogen-bond acceptors (Lipinski definition) is 12. The Hall–Kier alpha value is -6.17. The zero-order valence-electron chi connectivity index (χ0n) is 53.1. The van der Waals surface area contributed by atoms with E-state index < -0.39 is 155 Å². The summed E-state index contributed by atoms with van der Waals surface area (Å²) in [6, 6.07) is -6.79. The van der Waals surface area contributed by atoms with Gasteiger partial charge in [0.05, 0.1) is 24.1 Å². The number of hydrogen-bond donors (Lipinski definition) is 6. The highest BCUT2D eigenvalue weighted by atomic mass is 19.4. The predicted molar refractivity (Wildman–Crippen MR) is 313 cm³/mol. The Kier molecular flexibility index (Phi) is 24.7. The molecule has 21 nitrogen and oxygen atoms in total. The fourth-order valence-electron chi connectivity index (χ4n) is 11.6. The Balaban J connectivity index is 1.96. The van der Waals surface area contributed by atoms with Crippen molar-refractivity contribution in [1.29, 1.82) is 0 Å². The molecular formula is C61H97F3N10O11. The van der Waals surface area contributed by atoms with Crippen molar-refractivity contribution in [3.8, 4) is 0 Å². The molecule has 6 N–H and O–H groups in total. The number of piperidine rings is 1. The first-order valence-electron chi connectivity index (χ1n) is 30.0. The molecule has 2 heterocycles. The van der Waals surface area contributed by atoms with Gasteiger partial charge in [0.15, 0.2) is 5.78 Å². The minimum absolute atomic E-state index is 0.00185. The number of likely N-dealkylation sites (N-methyl/N-ethyl adjacent to an activating group) is 4. The van der Waals surface area contributed by atoms with Gasteiger partial charge < -0.3 is 51.3 Å². The van der Waals surface area contributed by atoms with Gasteiger partial charge in [0, 0.05) is 40.7 Å². The van der Waals surface area contributed by atoms with Crippen LogP contribution in [0, 0.1) is 29.6 Å². The van der Waals surface area contributed by atoms with Crippen LogP contribution in [-0.4, -0.2) is 195 Å². The number of halogens is 3. The number of alkyl halides is 3. The maximum atomic E-state index is 15.0. The highest BCUT2D eigenvalue weighted by Crippen LogP contribution is 2.43. The van der Waals surface area contributed by atoms with E-state index in [1.807, 2.05) is 27.7 Å². The zero-order chi connectivity index (χ0) is 64.5. The molecule has 0 bridgehead atoms. The van der Waals surface area contributed by atoms with E-state index in [0.29, 0.717) is 25.9 Å². The fourth-order valence-corrected chi connectivity index (χ4v) is 11.6. The highest BCUT2D eigenvalue weighted by Gasteiger charge is 2.70. The summed E-state index contributed by atoms with van der Waals surface area (Å²) in [5.74, 6) is -8.95. The number of likely N-dealkylation sites (tertiary alicyclic amines) is 1. The Morgan fingerprint density at radius 2 is 1.13 bits per heavy atom. The molecule has 85 heavy (non-hydrogen) atoms. The Bertz CT molecular complexity index is 2570. The van der Waals surface area contributed by atoms with E-state index in [1.165, 1.54) is 46.8 Å². The first kappa shape index (κ1) is 71.3. The molecule has 1 aromatic rings. The van der Waals surface area contributed by atoms with E-state index >= 15 is 4.79 Å². The van der Waals surface area contributed by atoms with Gasteiger partial charge in [-0.2, -0.15) is 13.2 Å². The number of Topliss-reactive ketones (excluding diaryl/α,β-unsaturated/α-hetero) is 1. The molecular weight excluding hydrogens is 1110 g/mol. The van der Waals surface area contributed by atoms with Crippen LogP contribution in [-0.2, 0) is 60.5 Å². The summed E-state index contributed by atoms with van der Waals surface area (Å²) in [4.78, 5) is 154. The van der Waals surface area contributed by atoms with E-state index in [9.17, 15) is 61.4 Å². The smallest absolute Gasteiger partial charge is 0.391 e. The van der Waals surface area contributed by atoms with Crippen molar-refractivity contribution in [2.75, 3.05) is 41.3 Å². The summed E-state index contributed by atoms with van der Waals surface area (Å²) < 4.78 is 41.4. The van der Waals surface area contributed by atoms with Gasteiger partial charge >= 0.3 is 6.18 Å². The van der Waals surface area contributed by atoms with Crippen molar-refractivity contribution < 1.29 is 66.2 Å². The molecule has 478 valence electrons. The van der Waals surface area contributed by atoms with E-state index in [-0.39, 0.29) is 54.9 Å². The van der Waals surface area contributed by atoms with Crippen LogP contribution in [0.2, 0.25) is 0 Å². The predicted octanol–water partition coefficient (Wildman–Crippen LogP) is 3.82. The molecule has 3 aliphatic rings. The third-order valence-corrected chi connectivity index (χ3v) is 16.8. The second-order valence-electron chi connectivity index (χ2n) is 26.2. The van der Waals surface area contributed by atoms with Crippen molar-refractivity contribution in [1.82, 2.24) is 51.1 Å². The number of carbonyl (C=O) groups excluding carboxylic acids is 10. The number of nitrogens with zero attached hydrogens (tertiary/aromatic N) is 5. The van der Waals surface area contributed by atoms with Gasteiger partial charge in [-0.05, 0) is 120 Å². The molecule has 2 saturated heterocycles. The normalized spacial score (nSPS) is 28.9. The van der Waals surface area contributed by atoms with E-state index in [1.54, 1.807) is 58.4 Å². The lowest BCUT2D eigenvalue weighted by atomic mass is 9.89. The summed E-state index contributed by atoms with van der Waals surface area (Å²) in [5, 5.41) is 25.2. The van der Waals surface area contributed by atoms with Gasteiger partial charge in [0.1, 0.15) is 53.4 Å². The molecule has 0 aromatic heterocycles. The Labute approximate surface area is 500 Å². The van der Waals surface area contributed by atoms with Crippen molar-refractivity contribution >= 4 is 58.9 Å². The minimum atomic E-state index is -4.72. The number of aliphatic hydroxyl groups is 1. The molecule has 4 rings (SSSR count). The second-order valence-corrected chi connectivity index (χ2v) is 26.2. The van der Waals surface area contributed by atoms with Crippen LogP contribution in [0.4, 0.5) is 13.2 Å². The standard InChI is InChI=1S/C61H97F3N10O11/c1-33(2)27-42-55(82)70(14)38(11)54(81)72(16)46(30-36(7)8)53(80)69-59(13,32-40-21-23-41(24-22-40)61(62,63)64)58(85)67-48(39(12)75)57(84)73(17)45(29-35(5)6)52(79)66-43(56(83)74-25-19-18-20-26-74)31-47(76)68-60(37(9)10)49(50(60)77)71(15)44(28-34(3)4)51(78)65-42/h21-24,33-39,42-46,48-49,75H,18-20,25-32H2,1-17H3,(H,65,78)(H,66,79)(H,67,85)(H,68,76)(H,69,80)/t38-,39+,42+,43-,44-,45-,46-,48-,49?,59-,60+/m0/s1. The number of ketones is 1. The van der Waals surface area contributed by atoms with Crippen LogP contribution in [0.1, 0.15) is 153 Å². The quantitative estimate of drug-likeness (QED) is 0.165. The first-order valence-corrected chi connectivity index (χ1v) is 30.0. The summed E-state index contributed by atoms with van der Waals surface area (Å²) in [6.07, 6.45) is -5.05. The lowest BCUT2D eigenvalue weighted by Gasteiger charge is -2.38. The van der Waals surface area contributed by atoms with E-state index in [4.69, 9.17) is 0 Å². The average Bonchev–Trinajstić information content (AvgIpc) is 1.57. The lowest BCUT2D eigenvalue weighted by Crippen LogP contribution is -2.66. The maximum absolute atomic E-state index is 15.0. The first-order chi connectivity index (χ1) is 39.3. The topological polar surface area (TPSA) is 267 Å². The third-order valence-electron chi connectivity index (χ3n) is 16.8. The summed E-state index contributed by atoms with van der Waals surface area (Å²) in [7, 11) is 5.60. The number of rotatable bonds is 13. The number of benzene rings is 1. The zero-order valence-corrected chi connectivity index (χ0v) is 53.1. The number of nitrogens with one attached hydrogen (secondary N) is 5. The van der Waals surface area contributed by atoms with Gasteiger partial charge in [-0.25, -0.2) is 0 Å². The molecule has 24 heteroatoms. The average molecular weight is 1200 g/mol. The van der Waals surface area contributed by atoms with Gasteiger partial charge in [0.25, 0.3) is 0 Å². The van der Waals surface area contributed by atoms with E-state index in [0.717, 1.165) is 40.5 Å². The third kappa shape index (κ3) is 17.7. The molecule has 11 atom stereocenters. The van der Waals surface area contributed by atoms with Gasteiger partial charge in [0.2, 0.25) is 53.2 Å². The van der Waals surface area contributed by atoms with Crippen LogP contribution in [0.15, 0.2) is 24.3 Å². The summed E-state index contributed by atoms with van der Waals surface area (Å²) >= 11 is 0. The lowest BCUT2D eigenvalue weighted by molar-refractivity contribution is -0.150. The molecule has 9 amide bonds. The Morgan fingerprint density at radius 3 is 1.62 bits per heavy atom. The molecule has 0 spiro atoms. The number of aliphatic hydroxyl groups excluding tert-OH is 1. The molecule has 1 aliphatic carbocycles. The maximum Gasteiger partial charge on any atom is 0.416 e. The SMILES string of the molecule is CC(C)C[C@H]1NC(=O)[C@H](CC(C)C)N(C)C2C(=O)[C@]2(C(C)C)NC(=O)C[C@@H](C(=O)N2CCCCC2)NC(=O)[C@H](CC(C)C)N(C)C(=O)[C@H]([C@@H](C)O)NC(=O)[C@](C)(Cc2ccc(C(F)(F)F)cc2)NC(=O)[C@H](CC(C)C)N(C)C(=O)[C@H](C)N(C)C1=O. The summed E-state index contributed by atoms with van der Waals surface area (Å²) in [6.45, 7) is 22.7. The van der Waals surface area contributed by atoms with Crippen LogP contribution < -0.4 is 26.6 Å².